The summed E-state index contributed by atoms with van der Waals surface area (Å²) in [6.07, 6.45) is 26.4. The fraction of sp³-hybridized carbons (Fsp3) is 1.00. The highest BCUT2D eigenvalue weighted by atomic mass is 14.9. The van der Waals surface area contributed by atoms with Crippen molar-refractivity contribution in [2.75, 3.05) is 0 Å². The molecule has 0 nitrogen and oxygen atoms in total. The van der Waals surface area contributed by atoms with Crippen LogP contribution in [0.3, 0.4) is 0 Å². The third-order valence-corrected chi connectivity index (χ3v) is 11.9. The quantitative estimate of drug-likeness (QED) is 0.502. The fourth-order valence-electron chi connectivity index (χ4n) is 10.3. The molecular formula is C24H34. The Bertz CT molecular complexity index is 578. The number of hydrogen-bond acceptors (Lipinski definition) is 0. The molecule has 8 aliphatic rings. The molecule has 8 saturated carbocycles. The molecule has 0 bridgehead atoms. The van der Waals surface area contributed by atoms with Gasteiger partial charge in [-0.3, -0.25) is 0 Å². The minimum absolute atomic E-state index is 0.889. The van der Waals surface area contributed by atoms with Crippen LogP contribution in [0.2, 0.25) is 0 Å². The Morgan fingerprint density at radius 3 is 0.792 bits per heavy atom. The Kier molecular flexibility index (Phi) is 1.82. The molecule has 0 aromatic rings. The average Bonchev–Trinajstić information content (AvgIpc) is 3.48. The van der Waals surface area contributed by atoms with Gasteiger partial charge in [0.1, 0.15) is 0 Å². The van der Waals surface area contributed by atoms with E-state index < -0.39 is 0 Å². The maximum atomic E-state index is 1.67. The van der Waals surface area contributed by atoms with Gasteiger partial charge < -0.3 is 0 Å². The molecule has 0 aromatic heterocycles. The zero-order valence-electron chi connectivity index (χ0n) is 15.5. The van der Waals surface area contributed by atoms with Gasteiger partial charge in [0.2, 0.25) is 0 Å². The molecule has 0 saturated heterocycles. The number of rotatable bonds is 7. The predicted octanol–water partition coefficient (Wildman–Crippen LogP) is 6.49. The van der Waals surface area contributed by atoms with E-state index in [9.17, 15) is 0 Å². The third kappa shape index (κ3) is 1.12. The highest BCUT2D eigenvalue weighted by Gasteiger charge is 2.91. The molecule has 8 rings (SSSR count). The van der Waals surface area contributed by atoms with Gasteiger partial charge in [0.05, 0.1) is 0 Å². The summed E-state index contributed by atoms with van der Waals surface area (Å²) in [6.45, 7) is 0. The van der Waals surface area contributed by atoms with Crippen molar-refractivity contribution in [1.82, 2.24) is 0 Å². The summed E-state index contributed by atoms with van der Waals surface area (Å²) in [7, 11) is 0. The van der Waals surface area contributed by atoms with Crippen molar-refractivity contribution in [3.8, 4) is 0 Å². The molecule has 0 N–H and O–H groups in total. The lowest BCUT2D eigenvalue weighted by Gasteiger charge is -2.48. The second-order valence-corrected chi connectivity index (χ2v) is 12.2. The van der Waals surface area contributed by atoms with E-state index in [0.29, 0.717) is 0 Å². The smallest absolute Gasteiger partial charge is 0.0173 e. The lowest BCUT2D eigenvalue weighted by atomic mass is 9.55. The second kappa shape index (κ2) is 3.31. The van der Waals surface area contributed by atoms with Gasteiger partial charge in [-0.05, 0) is 147 Å². The van der Waals surface area contributed by atoms with Crippen LogP contribution in [0.25, 0.3) is 0 Å². The summed E-state index contributed by atoms with van der Waals surface area (Å²) in [4.78, 5) is 0. The van der Waals surface area contributed by atoms with Crippen molar-refractivity contribution in [3.63, 3.8) is 0 Å². The Balaban J connectivity index is 1.24. The molecule has 0 spiro atoms. The first-order chi connectivity index (χ1) is 11.7. The van der Waals surface area contributed by atoms with E-state index in [1.807, 2.05) is 0 Å². The molecule has 8 aliphatic carbocycles. The maximum absolute atomic E-state index is 1.67. The molecular weight excluding hydrogens is 288 g/mol. The topological polar surface area (TPSA) is 0 Å². The Hall–Kier alpha value is 0. The summed E-state index contributed by atoms with van der Waals surface area (Å²) in [5.41, 5.74) is 5.39. The third-order valence-electron chi connectivity index (χ3n) is 11.9. The monoisotopic (exact) mass is 322 g/mol. The van der Waals surface area contributed by atoms with E-state index in [4.69, 9.17) is 0 Å². The van der Waals surface area contributed by atoms with Crippen molar-refractivity contribution < 1.29 is 0 Å². The van der Waals surface area contributed by atoms with Crippen molar-refractivity contribution >= 4 is 0 Å². The summed E-state index contributed by atoms with van der Waals surface area (Å²) in [5, 5.41) is 0. The molecule has 8 fully saturated rings. The van der Waals surface area contributed by atoms with E-state index in [1.54, 1.807) is 103 Å². The van der Waals surface area contributed by atoms with Gasteiger partial charge in [0.25, 0.3) is 0 Å². The van der Waals surface area contributed by atoms with Crippen LogP contribution >= 0.6 is 0 Å². The van der Waals surface area contributed by atoms with Crippen molar-refractivity contribution in [1.29, 1.82) is 0 Å². The standard InChI is InChI=1S/C24H34/c1-2-17(1)19(5-6-19)21(9-10-21)23(13-14-23)24(15-16-24)22(11-12-22)20(7-8-20)18-3-4-18/h17-18H,1-16H2. The summed E-state index contributed by atoms with van der Waals surface area (Å²) >= 11 is 0. The molecule has 0 unspecified atom stereocenters. The van der Waals surface area contributed by atoms with Gasteiger partial charge in [-0.2, -0.15) is 0 Å². The molecule has 0 aliphatic heterocycles. The molecule has 130 valence electrons. The zero-order chi connectivity index (χ0) is 15.5. The normalized spacial score (nSPS) is 44.5. The van der Waals surface area contributed by atoms with Crippen LogP contribution in [0, 0.1) is 44.3 Å². The Labute approximate surface area is 147 Å². The van der Waals surface area contributed by atoms with Crippen LogP contribution in [-0.4, -0.2) is 0 Å². The first-order valence-corrected chi connectivity index (χ1v) is 11.7. The fourth-order valence-corrected chi connectivity index (χ4v) is 10.3. The highest BCUT2D eigenvalue weighted by Crippen LogP contribution is 2.99. The largest absolute Gasteiger partial charge is 0.0496 e. The van der Waals surface area contributed by atoms with Gasteiger partial charge in [-0.1, -0.05) is 0 Å². The first kappa shape index (κ1) is 13.2. The molecule has 0 radical (unpaired) electrons. The Morgan fingerprint density at radius 2 is 0.625 bits per heavy atom. The van der Waals surface area contributed by atoms with Crippen LogP contribution in [0.1, 0.15) is 103 Å². The summed E-state index contributed by atoms with van der Waals surface area (Å²) in [6, 6.07) is 0. The molecule has 0 atom stereocenters. The van der Waals surface area contributed by atoms with Gasteiger partial charge in [-0.25, -0.2) is 0 Å². The van der Waals surface area contributed by atoms with Gasteiger partial charge in [0, 0.05) is 0 Å². The molecule has 0 heterocycles. The van der Waals surface area contributed by atoms with Crippen molar-refractivity contribution in [2.24, 2.45) is 44.3 Å². The minimum atomic E-state index is 0.889. The lowest BCUT2D eigenvalue weighted by Crippen LogP contribution is -2.44. The maximum Gasteiger partial charge on any atom is -0.0173 e. The lowest BCUT2D eigenvalue weighted by molar-refractivity contribution is -0.0134. The van der Waals surface area contributed by atoms with Gasteiger partial charge in [-0.15, -0.1) is 0 Å². The van der Waals surface area contributed by atoms with E-state index >= 15 is 0 Å². The zero-order valence-corrected chi connectivity index (χ0v) is 15.5. The molecule has 24 heavy (non-hydrogen) atoms. The molecule has 0 heteroatoms. The van der Waals surface area contributed by atoms with Gasteiger partial charge >= 0.3 is 0 Å². The second-order valence-electron chi connectivity index (χ2n) is 12.2. The average molecular weight is 323 g/mol. The Morgan fingerprint density at radius 1 is 0.333 bits per heavy atom. The van der Waals surface area contributed by atoms with E-state index in [-0.39, 0.29) is 0 Å². The van der Waals surface area contributed by atoms with Crippen LogP contribution in [0.15, 0.2) is 0 Å². The SMILES string of the molecule is C1CC1C1(C2(C3(C4(C5(C6(C7CC7)CC6)CC5)CC4)CC3)CC2)CC1. The summed E-state index contributed by atoms with van der Waals surface area (Å²) in [5.74, 6) is 2.39. The van der Waals surface area contributed by atoms with E-state index in [0.717, 1.165) is 32.5 Å². The van der Waals surface area contributed by atoms with Crippen LogP contribution in [0.4, 0.5) is 0 Å². The number of hydrogen-bond donors (Lipinski definition) is 0. The minimum Gasteiger partial charge on any atom is -0.0496 e. The van der Waals surface area contributed by atoms with Crippen LogP contribution in [0.5, 0.6) is 0 Å². The van der Waals surface area contributed by atoms with Crippen LogP contribution in [-0.2, 0) is 0 Å². The van der Waals surface area contributed by atoms with Crippen molar-refractivity contribution in [3.05, 3.63) is 0 Å². The van der Waals surface area contributed by atoms with Crippen LogP contribution < -0.4 is 0 Å². The summed E-state index contributed by atoms with van der Waals surface area (Å²) < 4.78 is 0. The van der Waals surface area contributed by atoms with Gasteiger partial charge in [0.15, 0.2) is 0 Å². The van der Waals surface area contributed by atoms with E-state index in [2.05, 4.69) is 0 Å². The highest BCUT2D eigenvalue weighted by molar-refractivity contribution is 5.39. The predicted molar refractivity (Wildman–Crippen MR) is 95.5 cm³/mol. The van der Waals surface area contributed by atoms with Crippen molar-refractivity contribution in [2.45, 2.75) is 103 Å². The first-order valence-electron chi connectivity index (χ1n) is 11.7. The van der Waals surface area contributed by atoms with E-state index in [1.165, 1.54) is 11.8 Å². The molecule has 0 aromatic carbocycles. The molecule has 0 amide bonds.